The maximum absolute atomic E-state index is 12.5. The molecule has 1 heterocycles. The molecule has 1 unspecified atom stereocenters. The highest BCUT2D eigenvalue weighted by molar-refractivity contribution is 8.14. The number of ether oxygens (including phenoxy) is 1. The minimum atomic E-state index is -0.994. The lowest BCUT2D eigenvalue weighted by Crippen LogP contribution is -2.30. The number of nitrogens with one attached hydrogen (secondary N) is 1. The number of carboxylic acids is 1. The fourth-order valence-electron chi connectivity index (χ4n) is 3.71. The highest BCUT2D eigenvalue weighted by atomic mass is 32.2. The second kappa shape index (κ2) is 17.8. The molecule has 0 saturated carbocycles. The number of hydrogen-bond acceptors (Lipinski definition) is 10. The lowest BCUT2D eigenvalue weighted by Gasteiger charge is -2.18. The highest BCUT2D eigenvalue weighted by Gasteiger charge is 2.15. The Balaban J connectivity index is 1.64. The predicted octanol–water partition coefficient (Wildman–Crippen LogP) is 4.29. The molecule has 3 N–H and O–H groups in total. The summed E-state index contributed by atoms with van der Waals surface area (Å²) in [5, 5.41) is 18.3. The molecule has 0 saturated heterocycles. The number of carboxylic acid groups (broad SMARTS) is 1. The molecule has 0 spiro atoms. The zero-order valence-electron chi connectivity index (χ0n) is 22.7. The zero-order valence-corrected chi connectivity index (χ0v) is 25.1. The molecule has 1 amide bonds. The number of aromatic hydroxyl groups is 1. The molecule has 2 rings (SSSR count). The van der Waals surface area contributed by atoms with Crippen molar-refractivity contribution >= 4 is 57.0 Å². The lowest BCUT2D eigenvalue weighted by molar-refractivity contribution is -0.138. The van der Waals surface area contributed by atoms with Crippen LogP contribution in [-0.4, -0.2) is 73.4 Å². The number of thiazole rings is 1. The standard InChI is InChI=1S/C27H36N2O8S3/c1-18(30)39-21(13-16-38-25(34)12-11-24(32)33)5-3-4-6-23(31)29(2)14-15-37-20-9-7-19(8-10-20)17-22-26(35)28-27(36)40-22/h7-10,21,35H,3-6,11-17H2,1-2H3,(H,28,36)(H,32,33). The van der Waals surface area contributed by atoms with Gasteiger partial charge < -0.3 is 19.8 Å². The Labute approximate surface area is 245 Å². The first-order valence-corrected chi connectivity index (χ1v) is 15.6. The van der Waals surface area contributed by atoms with Crippen molar-refractivity contribution in [2.24, 2.45) is 0 Å². The molecule has 0 aliphatic heterocycles. The zero-order chi connectivity index (χ0) is 29.5. The number of hydrogen-bond donors (Lipinski definition) is 3. The van der Waals surface area contributed by atoms with Crippen molar-refractivity contribution in [3.8, 4) is 11.6 Å². The van der Waals surface area contributed by atoms with Gasteiger partial charge in [0.05, 0.1) is 17.8 Å². The van der Waals surface area contributed by atoms with E-state index in [-0.39, 0.29) is 45.0 Å². The second-order valence-electron chi connectivity index (χ2n) is 9.15. The first-order valence-electron chi connectivity index (χ1n) is 12.9. The first kappa shape index (κ1) is 33.4. The summed E-state index contributed by atoms with van der Waals surface area (Å²) in [6.07, 6.45) is 3.55. The summed E-state index contributed by atoms with van der Waals surface area (Å²) < 4.78 is 5.75. The number of likely N-dealkylation sites (N-methyl/N-ethyl adjacent to an activating group) is 1. The van der Waals surface area contributed by atoms with Crippen LogP contribution in [0.2, 0.25) is 0 Å². The molecule has 0 bridgehead atoms. The third-order valence-corrected chi connectivity index (χ3v) is 8.83. The third-order valence-electron chi connectivity index (χ3n) is 5.85. The molecule has 220 valence electrons. The number of aliphatic carboxylic acids is 1. The molecular weight excluding hydrogens is 577 g/mol. The minimum absolute atomic E-state index is 0.00359. The Morgan fingerprint density at radius 3 is 2.42 bits per heavy atom. The topological polar surface area (TPSA) is 154 Å². The average Bonchev–Trinajstić information content (AvgIpc) is 3.21. The number of nitrogens with zero attached hydrogens (tertiary/aromatic N) is 1. The van der Waals surface area contributed by atoms with E-state index in [2.05, 4.69) is 4.98 Å². The molecule has 0 fully saturated rings. The van der Waals surface area contributed by atoms with Crippen LogP contribution in [0, 0.1) is 0 Å². The van der Waals surface area contributed by atoms with Crippen LogP contribution in [0.4, 0.5) is 0 Å². The van der Waals surface area contributed by atoms with Crippen LogP contribution in [0.5, 0.6) is 11.6 Å². The fraction of sp³-hybridized carbons (Fsp3) is 0.519. The Hall–Kier alpha value is -2.77. The van der Waals surface area contributed by atoms with Gasteiger partial charge in [0.1, 0.15) is 12.4 Å². The normalized spacial score (nSPS) is 11.7. The van der Waals surface area contributed by atoms with Gasteiger partial charge in [-0.1, -0.05) is 53.4 Å². The summed E-state index contributed by atoms with van der Waals surface area (Å²) in [4.78, 5) is 62.0. The number of rotatable bonds is 18. The van der Waals surface area contributed by atoms with Crippen LogP contribution in [0.25, 0.3) is 0 Å². The molecule has 13 heteroatoms. The number of benzene rings is 1. The summed E-state index contributed by atoms with van der Waals surface area (Å²) in [5.74, 6) is 0.113. The maximum Gasteiger partial charge on any atom is 0.307 e. The molecular formula is C27H36N2O8S3. The summed E-state index contributed by atoms with van der Waals surface area (Å²) in [5.41, 5.74) is 0.928. The van der Waals surface area contributed by atoms with E-state index >= 15 is 0 Å². The van der Waals surface area contributed by atoms with Crippen LogP contribution in [0.15, 0.2) is 29.1 Å². The van der Waals surface area contributed by atoms with Gasteiger partial charge in [-0.15, -0.1) is 0 Å². The number of carbonyl (C=O) groups excluding carboxylic acids is 3. The van der Waals surface area contributed by atoms with Crippen molar-refractivity contribution in [3.05, 3.63) is 44.4 Å². The van der Waals surface area contributed by atoms with E-state index < -0.39 is 5.97 Å². The van der Waals surface area contributed by atoms with Gasteiger partial charge in [0.15, 0.2) is 10.2 Å². The molecule has 1 aromatic carbocycles. The molecule has 10 nitrogen and oxygen atoms in total. The number of carbonyl (C=O) groups is 4. The van der Waals surface area contributed by atoms with Crippen molar-refractivity contribution in [2.45, 2.75) is 63.5 Å². The molecule has 0 radical (unpaired) electrons. The SMILES string of the molecule is CC(=O)SC(CCCCC(=O)N(C)CCOc1ccc(Cc2sc(=O)[nH]c2O)cc1)CCSC(=O)CCC(=O)O. The van der Waals surface area contributed by atoms with Crippen molar-refractivity contribution in [2.75, 3.05) is 26.0 Å². The van der Waals surface area contributed by atoms with Crippen LogP contribution < -0.4 is 9.61 Å². The average molecular weight is 613 g/mol. The van der Waals surface area contributed by atoms with E-state index in [0.29, 0.717) is 55.2 Å². The molecule has 40 heavy (non-hydrogen) atoms. The van der Waals surface area contributed by atoms with Crippen molar-refractivity contribution < 1.29 is 34.1 Å². The summed E-state index contributed by atoms with van der Waals surface area (Å²) in [7, 11) is 1.73. The van der Waals surface area contributed by atoms with Gasteiger partial charge in [-0.3, -0.25) is 29.0 Å². The smallest absolute Gasteiger partial charge is 0.307 e. The van der Waals surface area contributed by atoms with E-state index in [9.17, 15) is 29.1 Å². The van der Waals surface area contributed by atoms with E-state index in [1.54, 1.807) is 11.9 Å². The second-order valence-corrected chi connectivity index (χ2v) is 12.8. The minimum Gasteiger partial charge on any atom is -0.494 e. The molecule has 1 aromatic heterocycles. The number of unbranched alkanes of at least 4 members (excludes halogenated alkanes) is 1. The van der Waals surface area contributed by atoms with E-state index in [1.807, 2.05) is 24.3 Å². The fourth-order valence-corrected chi connectivity index (χ4v) is 6.48. The van der Waals surface area contributed by atoms with E-state index in [4.69, 9.17) is 9.84 Å². The number of aromatic nitrogens is 1. The summed E-state index contributed by atoms with van der Waals surface area (Å²) >= 11 is 3.34. The van der Waals surface area contributed by atoms with Crippen molar-refractivity contribution in [3.63, 3.8) is 0 Å². The predicted molar refractivity (Wildman–Crippen MR) is 158 cm³/mol. The van der Waals surface area contributed by atoms with Gasteiger partial charge in [-0.2, -0.15) is 0 Å². The number of amides is 1. The van der Waals surface area contributed by atoms with Crippen molar-refractivity contribution in [1.82, 2.24) is 9.88 Å². The van der Waals surface area contributed by atoms with E-state index in [1.165, 1.54) is 18.7 Å². The monoisotopic (exact) mass is 612 g/mol. The van der Waals surface area contributed by atoms with Crippen LogP contribution in [-0.2, 0) is 25.6 Å². The Kier molecular flexibility index (Phi) is 14.9. The Morgan fingerprint density at radius 1 is 1.07 bits per heavy atom. The number of H-pyrrole nitrogens is 1. The molecule has 0 aliphatic rings. The molecule has 1 atom stereocenters. The quantitative estimate of drug-likeness (QED) is 0.208. The van der Waals surface area contributed by atoms with Gasteiger partial charge >= 0.3 is 10.8 Å². The summed E-state index contributed by atoms with van der Waals surface area (Å²) in [6, 6.07) is 7.34. The van der Waals surface area contributed by atoms with Gasteiger partial charge in [0.2, 0.25) is 11.8 Å². The molecule has 0 aliphatic carbocycles. The lowest BCUT2D eigenvalue weighted by atomic mass is 10.1. The van der Waals surface area contributed by atoms with Gasteiger partial charge in [-0.25, -0.2) is 0 Å². The van der Waals surface area contributed by atoms with Gasteiger partial charge in [0.25, 0.3) is 0 Å². The maximum atomic E-state index is 12.5. The number of thioether (sulfide) groups is 2. The highest BCUT2D eigenvalue weighted by Crippen LogP contribution is 2.25. The van der Waals surface area contributed by atoms with E-state index in [0.717, 1.165) is 41.5 Å². The molecule has 2 aromatic rings. The Morgan fingerprint density at radius 2 is 1.80 bits per heavy atom. The van der Waals surface area contributed by atoms with Gasteiger partial charge in [0, 0.05) is 44.2 Å². The number of aromatic amines is 1. The van der Waals surface area contributed by atoms with Crippen LogP contribution in [0.3, 0.4) is 0 Å². The largest absolute Gasteiger partial charge is 0.494 e. The third kappa shape index (κ3) is 13.5. The van der Waals surface area contributed by atoms with Crippen LogP contribution >= 0.6 is 34.9 Å². The van der Waals surface area contributed by atoms with Gasteiger partial charge in [-0.05, 0) is 37.0 Å². The van der Waals surface area contributed by atoms with Crippen LogP contribution in [0.1, 0.15) is 62.3 Å². The Bertz CT molecular complexity index is 1180. The first-order chi connectivity index (χ1) is 19.0. The summed E-state index contributed by atoms with van der Waals surface area (Å²) in [6.45, 7) is 2.28. The van der Waals surface area contributed by atoms with Crippen molar-refractivity contribution in [1.29, 1.82) is 0 Å².